The first-order valence-corrected chi connectivity index (χ1v) is 7.21. The van der Waals surface area contributed by atoms with Crippen LogP contribution in [-0.2, 0) is 11.3 Å². The molecule has 0 fully saturated rings. The molecular weight excluding hydrogens is 298 g/mol. The normalized spacial score (nSPS) is 12.6. The lowest BCUT2D eigenvalue weighted by atomic mass is 10.2. The molecule has 0 bridgehead atoms. The number of hydrogen-bond acceptors (Lipinski definition) is 7. The fourth-order valence-electron chi connectivity index (χ4n) is 2.24. The van der Waals surface area contributed by atoms with Gasteiger partial charge in [0.25, 0.3) is 0 Å². The van der Waals surface area contributed by atoms with Gasteiger partial charge in [0.2, 0.25) is 5.95 Å². The maximum absolute atomic E-state index is 11.5. The lowest BCUT2D eigenvalue weighted by molar-refractivity contribution is 0.0599. The van der Waals surface area contributed by atoms with Gasteiger partial charge in [-0.15, -0.1) is 0 Å². The van der Waals surface area contributed by atoms with Gasteiger partial charge in [-0.25, -0.2) is 14.8 Å². The van der Waals surface area contributed by atoms with Gasteiger partial charge in [0.1, 0.15) is 13.2 Å². The minimum atomic E-state index is -0.444. The lowest BCUT2D eigenvalue weighted by Gasteiger charge is -2.19. The SMILES string of the molecule is COC(=O)c1cnc(NCc2ccc3c(c2)OCCO3)nc1C. The molecule has 3 rings (SSSR count). The van der Waals surface area contributed by atoms with Crippen LogP contribution in [0.25, 0.3) is 0 Å². The van der Waals surface area contributed by atoms with E-state index >= 15 is 0 Å². The molecular formula is C16H17N3O4. The second kappa shape index (κ2) is 6.51. The smallest absolute Gasteiger partial charge is 0.341 e. The Kier molecular flexibility index (Phi) is 4.27. The molecule has 0 spiro atoms. The van der Waals surface area contributed by atoms with E-state index in [-0.39, 0.29) is 0 Å². The summed E-state index contributed by atoms with van der Waals surface area (Å²) in [6.07, 6.45) is 1.46. The number of rotatable bonds is 4. The highest BCUT2D eigenvalue weighted by molar-refractivity contribution is 5.90. The van der Waals surface area contributed by atoms with Crippen molar-refractivity contribution in [2.75, 3.05) is 25.6 Å². The Morgan fingerprint density at radius 1 is 1.30 bits per heavy atom. The molecule has 120 valence electrons. The number of esters is 1. The summed E-state index contributed by atoms with van der Waals surface area (Å²) in [5, 5.41) is 3.12. The minimum Gasteiger partial charge on any atom is -0.486 e. The molecule has 7 nitrogen and oxygen atoms in total. The third-order valence-corrected chi connectivity index (χ3v) is 3.44. The summed E-state index contributed by atoms with van der Waals surface area (Å²) in [6.45, 7) is 3.41. The van der Waals surface area contributed by atoms with Gasteiger partial charge in [-0.3, -0.25) is 0 Å². The van der Waals surface area contributed by atoms with Crippen LogP contribution in [0.3, 0.4) is 0 Å². The lowest BCUT2D eigenvalue weighted by Crippen LogP contribution is -2.15. The van der Waals surface area contributed by atoms with Crippen LogP contribution in [-0.4, -0.2) is 36.3 Å². The number of nitrogens with zero attached hydrogens (tertiary/aromatic N) is 2. The predicted molar refractivity (Wildman–Crippen MR) is 82.9 cm³/mol. The van der Waals surface area contributed by atoms with E-state index in [4.69, 9.17) is 9.47 Å². The molecule has 0 saturated heterocycles. The van der Waals surface area contributed by atoms with E-state index in [1.54, 1.807) is 6.92 Å². The first kappa shape index (κ1) is 15.1. The van der Waals surface area contributed by atoms with Crippen molar-refractivity contribution in [2.24, 2.45) is 0 Å². The third-order valence-electron chi connectivity index (χ3n) is 3.44. The number of fused-ring (bicyclic) bond motifs is 1. The van der Waals surface area contributed by atoms with Gasteiger partial charge >= 0.3 is 5.97 Å². The Hall–Kier alpha value is -2.83. The third kappa shape index (κ3) is 3.33. The van der Waals surface area contributed by atoms with Gasteiger partial charge in [-0.2, -0.15) is 0 Å². The first-order chi connectivity index (χ1) is 11.2. The first-order valence-electron chi connectivity index (χ1n) is 7.21. The second-order valence-electron chi connectivity index (χ2n) is 5.02. The monoisotopic (exact) mass is 315 g/mol. The van der Waals surface area contributed by atoms with E-state index in [0.29, 0.717) is 37.0 Å². The molecule has 0 saturated carbocycles. The van der Waals surface area contributed by atoms with Crippen LogP contribution in [0.1, 0.15) is 21.6 Å². The summed E-state index contributed by atoms with van der Waals surface area (Å²) >= 11 is 0. The van der Waals surface area contributed by atoms with E-state index in [2.05, 4.69) is 20.0 Å². The van der Waals surface area contributed by atoms with Gasteiger partial charge in [0.15, 0.2) is 11.5 Å². The highest BCUT2D eigenvalue weighted by Crippen LogP contribution is 2.30. The largest absolute Gasteiger partial charge is 0.486 e. The van der Waals surface area contributed by atoms with E-state index in [1.165, 1.54) is 13.3 Å². The summed E-state index contributed by atoms with van der Waals surface area (Å²) < 4.78 is 15.7. The Labute approximate surface area is 133 Å². The molecule has 1 N–H and O–H groups in total. The number of methoxy groups -OCH3 is 1. The Morgan fingerprint density at radius 3 is 2.83 bits per heavy atom. The van der Waals surface area contributed by atoms with Gasteiger partial charge in [-0.05, 0) is 24.6 Å². The number of anilines is 1. The summed E-state index contributed by atoms with van der Waals surface area (Å²) in [6, 6.07) is 5.77. The van der Waals surface area contributed by atoms with Crippen LogP contribution in [0.15, 0.2) is 24.4 Å². The van der Waals surface area contributed by atoms with E-state index < -0.39 is 5.97 Å². The number of benzene rings is 1. The van der Waals surface area contributed by atoms with Gasteiger partial charge in [-0.1, -0.05) is 6.07 Å². The van der Waals surface area contributed by atoms with Crippen molar-refractivity contribution >= 4 is 11.9 Å². The summed E-state index contributed by atoms with van der Waals surface area (Å²) in [5.41, 5.74) is 1.95. The summed E-state index contributed by atoms with van der Waals surface area (Å²) in [7, 11) is 1.33. The minimum absolute atomic E-state index is 0.359. The number of nitrogens with one attached hydrogen (secondary N) is 1. The highest BCUT2D eigenvalue weighted by Gasteiger charge is 2.13. The number of hydrogen-bond donors (Lipinski definition) is 1. The van der Waals surface area contributed by atoms with Gasteiger partial charge < -0.3 is 19.5 Å². The van der Waals surface area contributed by atoms with Crippen LogP contribution in [0, 0.1) is 6.92 Å². The van der Waals surface area contributed by atoms with Crippen molar-refractivity contribution < 1.29 is 19.0 Å². The predicted octanol–water partition coefficient (Wildman–Crippen LogP) is 1.95. The number of carbonyl (C=O) groups excluding carboxylic acids is 1. The van der Waals surface area contributed by atoms with Gasteiger partial charge in [0, 0.05) is 12.7 Å². The molecule has 1 aliphatic rings. The quantitative estimate of drug-likeness (QED) is 0.863. The van der Waals surface area contributed by atoms with Crippen molar-refractivity contribution in [3.63, 3.8) is 0 Å². The molecule has 0 unspecified atom stereocenters. The summed E-state index contributed by atoms with van der Waals surface area (Å²) in [5.74, 6) is 1.51. The Bertz CT molecular complexity index is 733. The fraction of sp³-hybridized carbons (Fsp3) is 0.312. The zero-order chi connectivity index (χ0) is 16.2. The van der Waals surface area contributed by atoms with Crippen molar-refractivity contribution in [1.29, 1.82) is 0 Å². The van der Waals surface area contributed by atoms with Crippen LogP contribution in [0.2, 0.25) is 0 Å². The topological polar surface area (TPSA) is 82.6 Å². The average molecular weight is 315 g/mol. The van der Waals surface area contributed by atoms with Crippen molar-refractivity contribution in [3.8, 4) is 11.5 Å². The van der Waals surface area contributed by atoms with Crippen molar-refractivity contribution in [3.05, 3.63) is 41.2 Å². The number of aryl methyl sites for hydroxylation is 1. The number of aromatic nitrogens is 2. The molecule has 1 aromatic heterocycles. The average Bonchev–Trinajstić information content (AvgIpc) is 2.59. The number of carbonyl (C=O) groups is 1. The van der Waals surface area contributed by atoms with Crippen LogP contribution in [0.4, 0.5) is 5.95 Å². The molecule has 2 heterocycles. The molecule has 1 aliphatic heterocycles. The molecule has 0 atom stereocenters. The maximum Gasteiger partial charge on any atom is 0.341 e. The number of ether oxygens (including phenoxy) is 3. The molecule has 23 heavy (non-hydrogen) atoms. The fourth-order valence-corrected chi connectivity index (χ4v) is 2.24. The zero-order valence-electron chi connectivity index (χ0n) is 13.0. The summed E-state index contributed by atoms with van der Waals surface area (Å²) in [4.78, 5) is 19.9. The van der Waals surface area contributed by atoms with Crippen molar-refractivity contribution in [2.45, 2.75) is 13.5 Å². The van der Waals surface area contributed by atoms with E-state index in [0.717, 1.165) is 17.1 Å². The van der Waals surface area contributed by atoms with Crippen LogP contribution in [0.5, 0.6) is 11.5 Å². The Balaban J connectivity index is 1.68. The molecule has 0 aliphatic carbocycles. The second-order valence-corrected chi connectivity index (χ2v) is 5.02. The maximum atomic E-state index is 11.5. The van der Waals surface area contributed by atoms with Crippen molar-refractivity contribution in [1.82, 2.24) is 9.97 Å². The molecule has 0 amide bonds. The molecule has 1 aromatic carbocycles. The van der Waals surface area contributed by atoms with Gasteiger partial charge in [0.05, 0.1) is 18.4 Å². The standard InChI is InChI=1S/C16H17N3O4/c1-10-12(15(20)21-2)9-18-16(19-10)17-8-11-3-4-13-14(7-11)23-6-5-22-13/h3-4,7,9H,5-6,8H2,1-2H3,(H,17,18,19). The molecule has 2 aromatic rings. The molecule has 7 heteroatoms. The Morgan fingerprint density at radius 2 is 2.09 bits per heavy atom. The van der Waals surface area contributed by atoms with Crippen LogP contribution >= 0.6 is 0 Å². The van der Waals surface area contributed by atoms with E-state index in [9.17, 15) is 4.79 Å². The molecule has 0 radical (unpaired) electrons. The van der Waals surface area contributed by atoms with E-state index in [1.807, 2.05) is 18.2 Å². The zero-order valence-corrected chi connectivity index (χ0v) is 13.0. The highest BCUT2D eigenvalue weighted by atomic mass is 16.6. The van der Waals surface area contributed by atoms with Crippen LogP contribution < -0.4 is 14.8 Å².